The summed E-state index contributed by atoms with van der Waals surface area (Å²) in [7, 11) is 0. The number of hydrogen-bond acceptors (Lipinski definition) is 3. The van der Waals surface area contributed by atoms with E-state index in [1.54, 1.807) is 0 Å². The minimum atomic E-state index is 0.532. The van der Waals surface area contributed by atoms with Crippen molar-refractivity contribution in [3.05, 3.63) is 29.8 Å². The number of piperidine rings is 2. The number of guanidine groups is 1. The molecule has 0 radical (unpaired) electrons. The molecule has 0 aliphatic carbocycles. The average Bonchev–Trinajstić information content (AvgIpc) is 2.75. The predicted octanol–water partition coefficient (Wildman–Crippen LogP) is 3.85. The fourth-order valence-electron chi connectivity index (χ4n) is 4.38. The summed E-state index contributed by atoms with van der Waals surface area (Å²) in [4.78, 5) is 9.95. The maximum atomic E-state index is 4.85. The Balaban J connectivity index is 1.50. The van der Waals surface area contributed by atoms with Crippen LogP contribution in [0.2, 0.25) is 0 Å². The van der Waals surface area contributed by atoms with Crippen molar-refractivity contribution in [1.82, 2.24) is 15.5 Å². The van der Waals surface area contributed by atoms with Gasteiger partial charge in [-0.15, -0.1) is 0 Å². The van der Waals surface area contributed by atoms with Gasteiger partial charge in [0.05, 0.1) is 6.54 Å². The van der Waals surface area contributed by atoms with Gasteiger partial charge in [0.15, 0.2) is 5.96 Å². The van der Waals surface area contributed by atoms with Crippen LogP contribution in [0, 0.1) is 5.92 Å². The first-order valence-corrected chi connectivity index (χ1v) is 11.8. The van der Waals surface area contributed by atoms with Gasteiger partial charge in [0.25, 0.3) is 0 Å². The van der Waals surface area contributed by atoms with E-state index in [1.807, 2.05) is 0 Å². The monoisotopic (exact) mass is 399 g/mol. The van der Waals surface area contributed by atoms with Crippen molar-refractivity contribution >= 4 is 11.6 Å². The van der Waals surface area contributed by atoms with Crippen molar-refractivity contribution in [2.75, 3.05) is 44.2 Å². The summed E-state index contributed by atoms with van der Waals surface area (Å²) in [5.41, 5.74) is 2.63. The maximum absolute atomic E-state index is 4.85. The lowest BCUT2D eigenvalue weighted by molar-refractivity contribution is 0.206. The van der Waals surface area contributed by atoms with Crippen molar-refractivity contribution in [1.29, 1.82) is 0 Å². The Kier molecular flexibility index (Phi) is 8.66. The summed E-state index contributed by atoms with van der Waals surface area (Å²) in [6.45, 7) is 14.4. The lowest BCUT2D eigenvalue weighted by Gasteiger charge is -2.32. The van der Waals surface area contributed by atoms with Crippen molar-refractivity contribution < 1.29 is 0 Å². The van der Waals surface area contributed by atoms with Crippen molar-refractivity contribution in [3.8, 4) is 0 Å². The molecule has 2 aliphatic rings. The van der Waals surface area contributed by atoms with Crippen LogP contribution in [-0.4, -0.2) is 56.2 Å². The van der Waals surface area contributed by atoms with E-state index in [0.29, 0.717) is 6.04 Å². The van der Waals surface area contributed by atoms with E-state index >= 15 is 0 Å². The SMILES string of the molecule is CCCN1CCC(NC(=NCc2ccc(N3CCC(C)CC3)cc2)NCC)CC1. The third-order valence-electron chi connectivity index (χ3n) is 6.32. The van der Waals surface area contributed by atoms with E-state index in [2.05, 4.69) is 65.5 Å². The lowest BCUT2D eigenvalue weighted by Crippen LogP contribution is -2.48. The highest BCUT2D eigenvalue weighted by Crippen LogP contribution is 2.23. The minimum Gasteiger partial charge on any atom is -0.372 e. The van der Waals surface area contributed by atoms with Crippen molar-refractivity contribution in [3.63, 3.8) is 0 Å². The molecule has 0 saturated carbocycles. The molecular weight excluding hydrogens is 358 g/mol. The lowest BCUT2D eigenvalue weighted by atomic mass is 9.99. The number of aliphatic imine (C=N–C) groups is 1. The number of nitrogens with zero attached hydrogens (tertiary/aromatic N) is 3. The summed E-state index contributed by atoms with van der Waals surface area (Å²) in [6, 6.07) is 9.55. The zero-order valence-electron chi connectivity index (χ0n) is 18.8. The average molecular weight is 400 g/mol. The molecule has 2 N–H and O–H groups in total. The number of anilines is 1. The maximum Gasteiger partial charge on any atom is 0.191 e. The minimum absolute atomic E-state index is 0.532. The largest absolute Gasteiger partial charge is 0.372 e. The summed E-state index contributed by atoms with van der Waals surface area (Å²) in [5.74, 6) is 1.83. The van der Waals surface area contributed by atoms with Gasteiger partial charge in [-0.2, -0.15) is 0 Å². The van der Waals surface area contributed by atoms with E-state index in [4.69, 9.17) is 4.99 Å². The Morgan fingerprint density at radius 3 is 2.31 bits per heavy atom. The second-order valence-electron chi connectivity index (χ2n) is 8.79. The van der Waals surface area contributed by atoms with Crippen LogP contribution < -0.4 is 15.5 Å². The molecule has 0 amide bonds. The van der Waals surface area contributed by atoms with E-state index in [0.717, 1.165) is 25.0 Å². The van der Waals surface area contributed by atoms with Gasteiger partial charge in [0.1, 0.15) is 0 Å². The molecule has 0 spiro atoms. The van der Waals surface area contributed by atoms with Gasteiger partial charge in [0, 0.05) is 44.5 Å². The molecule has 162 valence electrons. The third kappa shape index (κ3) is 6.91. The molecule has 5 heteroatoms. The van der Waals surface area contributed by atoms with Gasteiger partial charge in [0.2, 0.25) is 0 Å². The first-order valence-electron chi connectivity index (χ1n) is 11.8. The van der Waals surface area contributed by atoms with Crippen molar-refractivity contribution in [2.24, 2.45) is 10.9 Å². The zero-order chi connectivity index (χ0) is 20.5. The highest BCUT2D eigenvalue weighted by Gasteiger charge is 2.19. The molecule has 5 nitrogen and oxygen atoms in total. The topological polar surface area (TPSA) is 42.9 Å². The Hall–Kier alpha value is -1.75. The number of nitrogens with one attached hydrogen (secondary N) is 2. The molecule has 0 aromatic heterocycles. The van der Waals surface area contributed by atoms with Crippen LogP contribution in [0.5, 0.6) is 0 Å². The van der Waals surface area contributed by atoms with Gasteiger partial charge in [-0.3, -0.25) is 0 Å². The van der Waals surface area contributed by atoms with Crippen LogP contribution in [0.1, 0.15) is 58.4 Å². The van der Waals surface area contributed by atoms with E-state index in [9.17, 15) is 0 Å². The molecule has 3 rings (SSSR count). The molecule has 1 aromatic rings. The zero-order valence-corrected chi connectivity index (χ0v) is 18.8. The van der Waals surface area contributed by atoms with Gasteiger partial charge in [-0.25, -0.2) is 4.99 Å². The standard InChI is InChI=1S/C24H41N5/c1-4-14-28-15-12-22(13-16-28)27-24(25-5-2)26-19-21-6-8-23(9-7-21)29-17-10-20(3)11-18-29/h6-9,20,22H,4-5,10-19H2,1-3H3,(H2,25,26,27). The molecule has 0 bridgehead atoms. The molecule has 29 heavy (non-hydrogen) atoms. The molecule has 2 heterocycles. The molecule has 1 aromatic carbocycles. The van der Waals surface area contributed by atoms with Crippen LogP contribution in [0.25, 0.3) is 0 Å². The van der Waals surface area contributed by atoms with E-state index in [-0.39, 0.29) is 0 Å². The Morgan fingerprint density at radius 2 is 1.69 bits per heavy atom. The van der Waals surface area contributed by atoms with Crippen LogP contribution >= 0.6 is 0 Å². The first kappa shape index (κ1) is 21.9. The number of rotatable bonds is 7. The second kappa shape index (κ2) is 11.4. The van der Waals surface area contributed by atoms with Gasteiger partial charge in [-0.05, 0) is 69.2 Å². The predicted molar refractivity (Wildman–Crippen MR) is 125 cm³/mol. The molecule has 2 fully saturated rings. The fourth-order valence-corrected chi connectivity index (χ4v) is 4.38. The second-order valence-corrected chi connectivity index (χ2v) is 8.79. The Bertz CT molecular complexity index is 611. The van der Waals surface area contributed by atoms with Gasteiger partial charge < -0.3 is 20.4 Å². The molecule has 0 unspecified atom stereocenters. The van der Waals surface area contributed by atoms with Crippen LogP contribution in [0.4, 0.5) is 5.69 Å². The number of benzene rings is 1. The van der Waals surface area contributed by atoms with Gasteiger partial charge in [-0.1, -0.05) is 26.0 Å². The number of likely N-dealkylation sites (tertiary alicyclic amines) is 1. The first-order chi connectivity index (χ1) is 14.2. The normalized spacial score (nSPS) is 20.1. The molecule has 2 aliphatic heterocycles. The van der Waals surface area contributed by atoms with Crippen LogP contribution in [0.15, 0.2) is 29.3 Å². The third-order valence-corrected chi connectivity index (χ3v) is 6.32. The van der Waals surface area contributed by atoms with Crippen LogP contribution in [0.3, 0.4) is 0 Å². The Labute approximate surface area is 178 Å². The summed E-state index contributed by atoms with van der Waals surface area (Å²) in [5, 5.41) is 7.08. The van der Waals surface area contributed by atoms with Crippen LogP contribution in [-0.2, 0) is 6.54 Å². The summed E-state index contributed by atoms with van der Waals surface area (Å²) in [6.07, 6.45) is 6.27. The Morgan fingerprint density at radius 1 is 1.00 bits per heavy atom. The highest BCUT2D eigenvalue weighted by atomic mass is 15.2. The quantitative estimate of drug-likeness (QED) is 0.540. The summed E-state index contributed by atoms with van der Waals surface area (Å²) >= 11 is 0. The van der Waals surface area contributed by atoms with E-state index in [1.165, 1.54) is 76.1 Å². The highest BCUT2D eigenvalue weighted by molar-refractivity contribution is 5.80. The van der Waals surface area contributed by atoms with Gasteiger partial charge >= 0.3 is 0 Å². The molecule has 2 saturated heterocycles. The molecule has 0 atom stereocenters. The van der Waals surface area contributed by atoms with E-state index < -0.39 is 0 Å². The number of hydrogen-bond donors (Lipinski definition) is 2. The molecular formula is C24H41N5. The fraction of sp³-hybridized carbons (Fsp3) is 0.708. The van der Waals surface area contributed by atoms with Crippen molar-refractivity contribution in [2.45, 2.75) is 65.5 Å². The smallest absolute Gasteiger partial charge is 0.191 e. The summed E-state index contributed by atoms with van der Waals surface area (Å²) < 4.78 is 0.